The fraction of sp³-hybridized carbons (Fsp3) is 0.208. The number of aryl methyl sites for hydroxylation is 1. The van der Waals surface area contributed by atoms with Crippen LogP contribution >= 0.6 is 11.6 Å². The van der Waals surface area contributed by atoms with Crippen LogP contribution in [0.5, 0.6) is 11.5 Å². The summed E-state index contributed by atoms with van der Waals surface area (Å²) >= 11 is 5.98. The van der Waals surface area contributed by atoms with Crippen LogP contribution in [0.4, 0.5) is 5.69 Å². The van der Waals surface area contributed by atoms with Gasteiger partial charge >= 0.3 is 0 Å². The first-order valence-corrected chi connectivity index (χ1v) is 11.9. The summed E-state index contributed by atoms with van der Waals surface area (Å²) < 4.78 is 38.7. The number of nitrogens with one attached hydrogen (secondary N) is 1. The molecule has 9 heteroatoms. The Bertz CT molecular complexity index is 1230. The lowest BCUT2D eigenvalue weighted by molar-refractivity contribution is -0.116. The zero-order valence-electron chi connectivity index (χ0n) is 18.5. The zero-order valence-corrected chi connectivity index (χ0v) is 20.1. The van der Waals surface area contributed by atoms with Gasteiger partial charge in [0.15, 0.2) is 11.5 Å². The fourth-order valence-corrected chi connectivity index (χ4v) is 4.88. The maximum Gasteiger partial charge on any atom is 0.243 e. The maximum absolute atomic E-state index is 13.5. The lowest BCUT2D eigenvalue weighted by Gasteiger charge is -2.23. The highest BCUT2D eigenvalue weighted by Gasteiger charge is 2.28. The molecule has 0 aliphatic heterocycles. The summed E-state index contributed by atoms with van der Waals surface area (Å²) in [4.78, 5) is 12.8. The summed E-state index contributed by atoms with van der Waals surface area (Å²) in [5.74, 6) is 0.210. The maximum atomic E-state index is 13.5. The van der Waals surface area contributed by atoms with Gasteiger partial charge in [-0.05, 0) is 48.4 Å². The number of rotatable bonds is 9. The van der Waals surface area contributed by atoms with Gasteiger partial charge in [-0.3, -0.25) is 4.79 Å². The molecule has 0 aliphatic carbocycles. The number of carbonyl (C=O) groups excluding carboxylic acids is 1. The summed E-state index contributed by atoms with van der Waals surface area (Å²) in [5.41, 5.74) is 2.08. The third-order valence-electron chi connectivity index (χ3n) is 4.98. The number of amides is 1. The number of sulfonamides is 1. The van der Waals surface area contributed by atoms with E-state index in [-0.39, 0.29) is 23.7 Å². The van der Waals surface area contributed by atoms with Crippen LogP contribution in [0.15, 0.2) is 71.6 Å². The standard InChI is InChI=1S/C24H25ClN2O5S/c1-17-13-19(25)9-11-21(17)26-24(28)16-27(15-18-7-5-4-6-8-18)33(29,30)20-10-12-22(31-2)23(14-20)32-3/h4-14H,15-16H2,1-3H3,(H,26,28). The van der Waals surface area contributed by atoms with Crippen LogP contribution < -0.4 is 14.8 Å². The number of halogens is 1. The zero-order chi connectivity index (χ0) is 24.0. The molecule has 3 aromatic carbocycles. The van der Waals surface area contributed by atoms with E-state index in [1.165, 1.54) is 32.4 Å². The number of ether oxygens (including phenoxy) is 2. The highest BCUT2D eigenvalue weighted by atomic mass is 35.5. The first-order chi connectivity index (χ1) is 15.7. The van der Waals surface area contributed by atoms with E-state index in [0.29, 0.717) is 16.5 Å². The van der Waals surface area contributed by atoms with Crippen LogP contribution in [0.3, 0.4) is 0 Å². The minimum Gasteiger partial charge on any atom is -0.493 e. The number of nitrogens with zero attached hydrogens (tertiary/aromatic N) is 1. The second kappa shape index (κ2) is 10.7. The van der Waals surface area contributed by atoms with Crippen molar-refractivity contribution >= 4 is 33.2 Å². The quantitative estimate of drug-likeness (QED) is 0.479. The van der Waals surface area contributed by atoms with E-state index in [1.54, 1.807) is 30.3 Å². The average Bonchev–Trinajstić information content (AvgIpc) is 2.80. The van der Waals surface area contributed by atoms with E-state index in [0.717, 1.165) is 15.4 Å². The molecule has 3 rings (SSSR count). The van der Waals surface area contributed by atoms with Gasteiger partial charge in [0.25, 0.3) is 0 Å². The molecular formula is C24H25ClN2O5S. The number of hydrogen-bond donors (Lipinski definition) is 1. The first kappa shape index (κ1) is 24.6. The summed E-state index contributed by atoms with van der Waals surface area (Å²) in [7, 11) is -1.15. The molecule has 7 nitrogen and oxygen atoms in total. The van der Waals surface area contributed by atoms with Crippen molar-refractivity contribution in [2.75, 3.05) is 26.1 Å². The van der Waals surface area contributed by atoms with E-state index in [2.05, 4.69) is 5.32 Å². The SMILES string of the molecule is COc1ccc(S(=O)(=O)N(CC(=O)Nc2ccc(Cl)cc2C)Cc2ccccc2)cc1OC. The molecule has 1 N–H and O–H groups in total. The Morgan fingerprint density at radius 3 is 2.30 bits per heavy atom. The van der Waals surface area contributed by atoms with Gasteiger partial charge in [0.1, 0.15) is 0 Å². The minimum atomic E-state index is -4.05. The van der Waals surface area contributed by atoms with E-state index >= 15 is 0 Å². The van der Waals surface area contributed by atoms with Crippen molar-refractivity contribution in [3.63, 3.8) is 0 Å². The first-order valence-electron chi connectivity index (χ1n) is 10.1. The normalized spacial score (nSPS) is 11.3. The molecule has 0 atom stereocenters. The van der Waals surface area contributed by atoms with Crippen LogP contribution in [0, 0.1) is 6.92 Å². The van der Waals surface area contributed by atoms with Crippen LogP contribution in [0.25, 0.3) is 0 Å². The second-order valence-electron chi connectivity index (χ2n) is 7.28. The van der Waals surface area contributed by atoms with Crippen LogP contribution in [0.1, 0.15) is 11.1 Å². The molecule has 0 saturated heterocycles. The molecular weight excluding hydrogens is 464 g/mol. The smallest absolute Gasteiger partial charge is 0.243 e. The van der Waals surface area contributed by atoms with Crippen molar-refractivity contribution in [1.29, 1.82) is 0 Å². The van der Waals surface area contributed by atoms with Gasteiger partial charge in [-0.25, -0.2) is 8.42 Å². The number of hydrogen-bond acceptors (Lipinski definition) is 5. The molecule has 174 valence electrons. The largest absolute Gasteiger partial charge is 0.493 e. The number of carbonyl (C=O) groups is 1. The van der Waals surface area contributed by atoms with Gasteiger partial charge < -0.3 is 14.8 Å². The van der Waals surface area contributed by atoms with E-state index in [1.807, 2.05) is 25.1 Å². The Morgan fingerprint density at radius 1 is 0.970 bits per heavy atom. The van der Waals surface area contributed by atoms with Crippen LogP contribution in [0.2, 0.25) is 5.02 Å². The average molecular weight is 489 g/mol. The van der Waals surface area contributed by atoms with Gasteiger partial charge in [-0.2, -0.15) is 4.31 Å². The third-order valence-corrected chi connectivity index (χ3v) is 7.00. The molecule has 0 spiro atoms. The van der Waals surface area contributed by atoms with Crippen LogP contribution in [-0.4, -0.2) is 39.4 Å². The Hall–Kier alpha value is -3.07. The van der Waals surface area contributed by atoms with Gasteiger partial charge in [0.05, 0.1) is 25.7 Å². The Labute approximate surface area is 198 Å². The highest BCUT2D eigenvalue weighted by molar-refractivity contribution is 7.89. The van der Waals surface area contributed by atoms with Gasteiger partial charge in [0.2, 0.25) is 15.9 Å². The van der Waals surface area contributed by atoms with Crippen molar-refractivity contribution < 1.29 is 22.7 Å². The molecule has 1 amide bonds. The summed E-state index contributed by atoms with van der Waals surface area (Å²) in [6.45, 7) is 1.45. The van der Waals surface area contributed by atoms with E-state index < -0.39 is 15.9 Å². The van der Waals surface area contributed by atoms with Crippen molar-refractivity contribution in [3.8, 4) is 11.5 Å². The van der Waals surface area contributed by atoms with Gasteiger partial charge in [0, 0.05) is 23.3 Å². The molecule has 3 aromatic rings. The third kappa shape index (κ3) is 6.04. The molecule has 33 heavy (non-hydrogen) atoms. The molecule has 0 bridgehead atoms. The van der Waals surface area contributed by atoms with Crippen molar-refractivity contribution in [3.05, 3.63) is 82.9 Å². The Kier molecular flexibility index (Phi) is 7.97. The predicted octanol–water partition coefficient (Wildman–Crippen LogP) is 4.50. The Balaban J connectivity index is 1.92. The van der Waals surface area contributed by atoms with Gasteiger partial charge in [-0.1, -0.05) is 41.9 Å². The molecule has 0 radical (unpaired) electrons. The van der Waals surface area contributed by atoms with Crippen LogP contribution in [-0.2, 0) is 21.4 Å². The molecule has 0 fully saturated rings. The Morgan fingerprint density at radius 2 is 1.67 bits per heavy atom. The molecule has 0 heterocycles. The molecule has 0 saturated carbocycles. The summed E-state index contributed by atoms with van der Waals surface area (Å²) in [5, 5.41) is 3.32. The lowest BCUT2D eigenvalue weighted by atomic mass is 10.2. The number of anilines is 1. The van der Waals surface area contributed by atoms with E-state index in [9.17, 15) is 13.2 Å². The minimum absolute atomic E-state index is 0.00782. The van der Waals surface area contributed by atoms with Crippen molar-refractivity contribution in [1.82, 2.24) is 4.31 Å². The van der Waals surface area contributed by atoms with Gasteiger partial charge in [-0.15, -0.1) is 0 Å². The fourth-order valence-electron chi connectivity index (χ4n) is 3.26. The van der Waals surface area contributed by atoms with E-state index in [4.69, 9.17) is 21.1 Å². The molecule has 0 aliphatic rings. The summed E-state index contributed by atoms with van der Waals surface area (Å²) in [6, 6.07) is 18.5. The number of methoxy groups -OCH3 is 2. The van der Waals surface area contributed by atoms with Crippen molar-refractivity contribution in [2.45, 2.75) is 18.4 Å². The van der Waals surface area contributed by atoms with Crippen molar-refractivity contribution in [2.24, 2.45) is 0 Å². The topological polar surface area (TPSA) is 84.9 Å². The predicted molar refractivity (Wildman–Crippen MR) is 128 cm³/mol. The highest BCUT2D eigenvalue weighted by Crippen LogP contribution is 2.31. The molecule has 0 unspecified atom stereocenters. The number of benzene rings is 3. The molecule has 0 aromatic heterocycles. The monoisotopic (exact) mass is 488 g/mol. The lowest BCUT2D eigenvalue weighted by Crippen LogP contribution is -2.37. The second-order valence-corrected chi connectivity index (χ2v) is 9.66. The summed E-state index contributed by atoms with van der Waals surface area (Å²) in [6.07, 6.45) is 0.